The van der Waals surface area contributed by atoms with E-state index in [0.717, 1.165) is 11.3 Å². The van der Waals surface area contributed by atoms with Gasteiger partial charge in [0.1, 0.15) is 0 Å². The van der Waals surface area contributed by atoms with Crippen LogP contribution in [0.25, 0.3) is 0 Å². The number of aryl methyl sites for hydroxylation is 1. The van der Waals surface area contributed by atoms with Crippen LogP contribution in [0.1, 0.15) is 27.9 Å². The number of pyridine rings is 1. The Morgan fingerprint density at radius 1 is 1.56 bits per heavy atom. The van der Waals surface area contributed by atoms with Gasteiger partial charge in [0.2, 0.25) is 5.13 Å². The molecule has 0 saturated carbocycles. The molecule has 2 aromatic heterocycles. The highest BCUT2D eigenvalue weighted by molar-refractivity contribution is 7.17. The average Bonchev–Trinajstić information content (AvgIpc) is 2.72. The first-order chi connectivity index (χ1) is 8.66. The highest BCUT2D eigenvalue weighted by Crippen LogP contribution is 2.22. The Hall–Kier alpha value is -2.08. The number of aromatic nitrogens is 2. The van der Waals surface area contributed by atoms with Crippen LogP contribution in [0.4, 0.5) is 5.13 Å². The minimum Gasteiger partial charge on any atom is -0.294 e. The standard InChI is InChI=1S/C12H12N4OS/c1-8-11(9(2)17)18-12(15-8)16-14-7-10-4-3-5-13-6-10/h3-7H,1-2H3,(H,15,16). The van der Waals surface area contributed by atoms with Gasteiger partial charge in [-0.2, -0.15) is 5.10 Å². The summed E-state index contributed by atoms with van der Waals surface area (Å²) in [7, 11) is 0. The molecule has 18 heavy (non-hydrogen) atoms. The quantitative estimate of drug-likeness (QED) is 0.521. The fourth-order valence-corrected chi connectivity index (χ4v) is 2.20. The van der Waals surface area contributed by atoms with Gasteiger partial charge in [-0.05, 0) is 13.0 Å². The third kappa shape index (κ3) is 2.98. The van der Waals surface area contributed by atoms with Gasteiger partial charge in [-0.1, -0.05) is 17.4 Å². The fourth-order valence-electron chi connectivity index (χ4n) is 1.39. The predicted octanol–water partition coefficient (Wildman–Crippen LogP) is 2.50. The summed E-state index contributed by atoms with van der Waals surface area (Å²) in [4.78, 5) is 20.1. The van der Waals surface area contributed by atoms with Crippen molar-refractivity contribution in [2.75, 3.05) is 5.43 Å². The number of carbonyl (C=O) groups is 1. The summed E-state index contributed by atoms with van der Waals surface area (Å²) < 4.78 is 0. The van der Waals surface area contributed by atoms with Crippen LogP contribution in [-0.4, -0.2) is 22.0 Å². The maximum atomic E-state index is 11.3. The zero-order chi connectivity index (χ0) is 13.0. The fraction of sp³-hybridized carbons (Fsp3) is 0.167. The summed E-state index contributed by atoms with van der Waals surface area (Å²) in [5, 5.41) is 4.66. The predicted molar refractivity (Wildman–Crippen MR) is 72.3 cm³/mol. The molecule has 0 aliphatic rings. The van der Waals surface area contributed by atoms with E-state index in [4.69, 9.17) is 0 Å². The molecular weight excluding hydrogens is 248 g/mol. The van der Waals surface area contributed by atoms with Crippen molar-refractivity contribution in [1.29, 1.82) is 0 Å². The Labute approximate surface area is 109 Å². The van der Waals surface area contributed by atoms with Gasteiger partial charge in [0.15, 0.2) is 5.78 Å². The molecule has 0 fully saturated rings. The molecule has 1 N–H and O–H groups in total. The minimum absolute atomic E-state index is 0.0225. The highest BCUT2D eigenvalue weighted by atomic mass is 32.1. The van der Waals surface area contributed by atoms with E-state index >= 15 is 0 Å². The molecule has 0 aromatic carbocycles. The van der Waals surface area contributed by atoms with Crippen molar-refractivity contribution in [1.82, 2.24) is 9.97 Å². The van der Waals surface area contributed by atoms with E-state index in [-0.39, 0.29) is 5.78 Å². The van der Waals surface area contributed by atoms with Gasteiger partial charge in [-0.3, -0.25) is 15.2 Å². The molecule has 0 bridgehead atoms. The molecule has 2 heterocycles. The number of anilines is 1. The summed E-state index contributed by atoms with van der Waals surface area (Å²) >= 11 is 1.30. The lowest BCUT2D eigenvalue weighted by Gasteiger charge is -1.92. The van der Waals surface area contributed by atoms with Crippen LogP contribution < -0.4 is 5.43 Å². The Morgan fingerprint density at radius 3 is 3.00 bits per heavy atom. The van der Waals surface area contributed by atoms with E-state index in [1.54, 1.807) is 18.6 Å². The molecule has 5 nitrogen and oxygen atoms in total. The van der Waals surface area contributed by atoms with Crippen molar-refractivity contribution in [2.24, 2.45) is 5.10 Å². The zero-order valence-electron chi connectivity index (χ0n) is 10.0. The topological polar surface area (TPSA) is 67.2 Å². The third-order valence-electron chi connectivity index (χ3n) is 2.17. The lowest BCUT2D eigenvalue weighted by atomic mass is 10.3. The molecule has 0 radical (unpaired) electrons. The van der Waals surface area contributed by atoms with Crippen LogP contribution in [0.2, 0.25) is 0 Å². The number of nitrogens with zero attached hydrogens (tertiary/aromatic N) is 3. The number of hydrogen-bond donors (Lipinski definition) is 1. The van der Waals surface area contributed by atoms with Crippen LogP contribution in [0.15, 0.2) is 29.6 Å². The first-order valence-corrected chi connectivity index (χ1v) is 6.16. The van der Waals surface area contributed by atoms with Crippen LogP contribution >= 0.6 is 11.3 Å². The summed E-state index contributed by atoms with van der Waals surface area (Å²) in [6.45, 7) is 3.34. The maximum absolute atomic E-state index is 11.3. The number of hydrazone groups is 1. The number of hydrogen-bond acceptors (Lipinski definition) is 6. The molecule has 2 aromatic rings. The van der Waals surface area contributed by atoms with E-state index in [2.05, 4.69) is 20.5 Å². The number of nitrogens with one attached hydrogen (secondary N) is 1. The van der Waals surface area contributed by atoms with E-state index in [0.29, 0.717) is 10.0 Å². The first kappa shape index (κ1) is 12.4. The Kier molecular flexibility index (Phi) is 3.78. The number of carbonyl (C=O) groups excluding carboxylic acids is 1. The Morgan fingerprint density at radius 2 is 2.39 bits per heavy atom. The van der Waals surface area contributed by atoms with Crippen molar-refractivity contribution in [3.63, 3.8) is 0 Å². The number of rotatable bonds is 4. The van der Waals surface area contributed by atoms with Crippen molar-refractivity contribution < 1.29 is 4.79 Å². The summed E-state index contributed by atoms with van der Waals surface area (Å²) in [6, 6.07) is 3.73. The molecule has 0 saturated heterocycles. The number of Topliss-reactive ketones (excluding diaryl/α,β-unsaturated/α-hetero) is 1. The van der Waals surface area contributed by atoms with Crippen molar-refractivity contribution in [2.45, 2.75) is 13.8 Å². The largest absolute Gasteiger partial charge is 0.294 e. The average molecular weight is 260 g/mol. The zero-order valence-corrected chi connectivity index (χ0v) is 10.9. The van der Waals surface area contributed by atoms with Gasteiger partial charge in [0, 0.05) is 24.9 Å². The SMILES string of the molecule is CC(=O)c1sc(NN=Cc2cccnc2)nc1C. The summed E-state index contributed by atoms with van der Waals surface area (Å²) in [5.74, 6) is 0.0225. The van der Waals surface area contributed by atoms with Crippen molar-refractivity contribution in [3.8, 4) is 0 Å². The monoisotopic (exact) mass is 260 g/mol. The van der Waals surface area contributed by atoms with Crippen molar-refractivity contribution >= 4 is 28.5 Å². The van der Waals surface area contributed by atoms with Crippen LogP contribution in [-0.2, 0) is 0 Å². The smallest absolute Gasteiger partial charge is 0.204 e. The van der Waals surface area contributed by atoms with Gasteiger partial charge in [-0.25, -0.2) is 4.98 Å². The summed E-state index contributed by atoms with van der Waals surface area (Å²) in [6.07, 6.45) is 5.06. The van der Waals surface area contributed by atoms with Crippen LogP contribution in [0.5, 0.6) is 0 Å². The molecule has 6 heteroatoms. The van der Waals surface area contributed by atoms with Gasteiger partial charge in [0.05, 0.1) is 16.8 Å². The lowest BCUT2D eigenvalue weighted by molar-refractivity contribution is 0.102. The molecule has 0 amide bonds. The lowest BCUT2D eigenvalue weighted by Crippen LogP contribution is -1.90. The van der Waals surface area contributed by atoms with E-state index < -0.39 is 0 Å². The van der Waals surface area contributed by atoms with E-state index in [1.807, 2.05) is 19.1 Å². The van der Waals surface area contributed by atoms with Gasteiger partial charge >= 0.3 is 0 Å². The highest BCUT2D eigenvalue weighted by Gasteiger charge is 2.10. The normalized spacial score (nSPS) is 10.8. The Balaban J connectivity index is 2.05. The Bertz CT molecular complexity index is 577. The molecule has 0 aliphatic heterocycles. The first-order valence-electron chi connectivity index (χ1n) is 5.34. The summed E-state index contributed by atoms with van der Waals surface area (Å²) in [5.41, 5.74) is 4.43. The minimum atomic E-state index is 0.0225. The van der Waals surface area contributed by atoms with E-state index in [1.165, 1.54) is 18.3 Å². The van der Waals surface area contributed by atoms with Gasteiger partial charge in [-0.15, -0.1) is 0 Å². The molecule has 0 aliphatic carbocycles. The second kappa shape index (κ2) is 5.50. The molecule has 2 rings (SSSR count). The van der Waals surface area contributed by atoms with Crippen LogP contribution in [0, 0.1) is 6.92 Å². The molecule has 0 spiro atoms. The molecule has 0 atom stereocenters. The van der Waals surface area contributed by atoms with E-state index in [9.17, 15) is 4.79 Å². The van der Waals surface area contributed by atoms with Crippen molar-refractivity contribution in [3.05, 3.63) is 40.7 Å². The molecule has 0 unspecified atom stereocenters. The second-order valence-corrected chi connectivity index (χ2v) is 4.65. The van der Waals surface area contributed by atoms with Crippen LogP contribution in [0.3, 0.4) is 0 Å². The van der Waals surface area contributed by atoms with Gasteiger partial charge in [0.25, 0.3) is 0 Å². The number of ketones is 1. The maximum Gasteiger partial charge on any atom is 0.204 e. The number of thiazole rings is 1. The van der Waals surface area contributed by atoms with Gasteiger partial charge < -0.3 is 0 Å². The molecular formula is C12H12N4OS. The third-order valence-corrected chi connectivity index (χ3v) is 3.34. The second-order valence-electron chi connectivity index (χ2n) is 3.65. The molecule has 92 valence electrons.